The Morgan fingerprint density at radius 1 is 1.04 bits per heavy atom. The van der Waals surface area contributed by atoms with Gasteiger partial charge in [-0.1, -0.05) is 37.3 Å². The van der Waals surface area contributed by atoms with E-state index >= 15 is 0 Å². The molecular weight excluding hydrogens is 737 g/mol. The van der Waals surface area contributed by atoms with Gasteiger partial charge in [-0.2, -0.15) is 11.8 Å². The molecular formula is C36H50N8O8S2. The maximum Gasteiger partial charge on any atom is 0.287 e. The fraction of sp³-hybridized carbons (Fsp3) is 0.639. The summed E-state index contributed by atoms with van der Waals surface area (Å²) in [5.74, 6) is -2.61. The third-order valence-corrected chi connectivity index (χ3v) is 13.5. The van der Waals surface area contributed by atoms with Gasteiger partial charge < -0.3 is 26.4 Å². The number of primary amides is 1. The zero-order chi connectivity index (χ0) is 38.8. The second-order valence-electron chi connectivity index (χ2n) is 15.6. The molecule has 6 rings (SSSR count). The third-order valence-electron chi connectivity index (χ3n) is 11.0. The van der Waals surface area contributed by atoms with Crippen molar-refractivity contribution >= 4 is 51.2 Å². The van der Waals surface area contributed by atoms with Gasteiger partial charge in [-0.25, -0.2) is 17.8 Å². The van der Waals surface area contributed by atoms with Crippen LogP contribution >= 0.6 is 11.8 Å². The molecule has 18 heteroatoms. The highest BCUT2D eigenvalue weighted by Crippen LogP contribution is 2.35. The molecule has 2 saturated carbocycles. The van der Waals surface area contributed by atoms with E-state index in [-0.39, 0.29) is 48.2 Å². The zero-order valence-electron chi connectivity index (χ0n) is 30.7. The van der Waals surface area contributed by atoms with E-state index in [0.29, 0.717) is 23.6 Å². The molecule has 2 aromatic rings. The van der Waals surface area contributed by atoms with Crippen molar-refractivity contribution in [2.75, 3.05) is 18.1 Å². The van der Waals surface area contributed by atoms with E-state index in [1.54, 1.807) is 25.6 Å². The molecule has 0 bridgehead atoms. The number of nitrogens with two attached hydrogens (primary N) is 1. The number of carbonyl (C=O) groups excluding carboxylic acids is 5. The molecule has 2 saturated heterocycles. The predicted molar refractivity (Wildman–Crippen MR) is 198 cm³/mol. The summed E-state index contributed by atoms with van der Waals surface area (Å²) in [5.41, 5.74) is 3.11. The monoisotopic (exact) mass is 786 g/mol. The van der Waals surface area contributed by atoms with Gasteiger partial charge in [-0.15, -0.1) is 5.10 Å². The number of nitrogens with one attached hydrogen (secondary N) is 3. The summed E-state index contributed by atoms with van der Waals surface area (Å²) in [6.07, 6.45) is 8.53. The number of Topliss-reactive ketones (excluding diaryl/α,β-unsaturated/α-hetero) is 1. The van der Waals surface area contributed by atoms with E-state index in [0.717, 1.165) is 44.9 Å². The Hall–Kier alpha value is -3.87. The highest BCUT2D eigenvalue weighted by atomic mass is 32.2. The topological polar surface area (TPSA) is 236 Å². The van der Waals surface area contributed by atoms with Crippen LogP contribution in [0.5, 0.6) is 0 Å². The van der Waals surface area contributed by atoms with Gasteiger partial charge in [0, 0.05) is 24.6 Å². The van der Waals surface area contributed by atoms with Crippen molar-refractivity contribution in [1.29, 1.82) is 0 Å². The number of amides is 4. The molecule has 1 aromatic heterocycles. The van der Waals surface area contributed by atoms with Crippen molar-refractivity contribution in [2.45, 2.75) is 125 Å². The predicted octanol–water partition coefficient (Wildman–Crippen LogP) is 1.29. The molecule has 3 atom stereocenters. The molecule has 6 N–H and O–H groups in total. The fourth-order valence-electron chi connectivity index (χ4n) is 7.81. The number of benzene rings is 1. The summed E-state index contributed by atoms with van der Waals surface area (Å²) in [5, 5.41) is 24.8. The first-order valence-corrected chi connectivity index (χ1v) is 21.3. The van der Waals surface area contributed by atoms with Crippen LogP contribution in [0.2, 0.25) is 0 Å². The van der Waals surface area contributed by atoms with E-state index in [2.05, 4.69) is 25.7 Å². The molecule has 0 radical (unpaired) electrons. The van der Waals surface area contributed by atoms with Crippen molar-refractivity contribution in [1.82, 2.24) is 35.2 Å². The summed E-state index contributed by atoms with van der Waals surface area (Å²) in [7, 11) is -3.74. The standard InChI is InChI=1S/C36H50N8O8S2/c1-35(2,50)29-20-38-42-44(29)25-19-28(33(48)40-36(30(45)31(37)46)14-16-53-17-15-36)43(21-25)34(49)27(18-22-6-4-3-5-7-22)39-32(47)23-8-12-26(13-9-23)54(51,52)41-24-10-11-24/h8-9,12-13,20,22,24-25,27-28,41,50H,3-7,10-11,14-19,21H2,1-2H3,(H2,37,46)(H,39,47)(H,40,48)/t25-,27?,28-/m0/s1. The van der Waals surface area contributed by atoms with E-state index in [9.17, 15) is 37.5 Å². The Kier molecular flexibility index (Phi) is 11.9. The first-order valence-electron chi connectivity index (χ1n) is 18.7. The largest absolute Gasteiger partial charge is 0.384 e. The summed E-state index contributed by atoms with van der Waals surface area (Å²) < 4.78 is 29.6. The Balaban J connectivity index is 1.30. The van der Waals surface area contributed by atoms with Gasteiger partial charge in [0.05, 0.1) is 22.8 Å². The summed E-state index contributed by atoms with van der Waals surface area (Å²) in [4.78, 5) is 69.7. The zero-order valence-corrected chi connectivity index (χ0v) is 32.3. The average molecular weight is 787 g/mol. The quantitative estimate of drug-likeness (QED) is 0.171. The highest BCUT2D eigenvalue weighted by Gasteiger charge is 2.49. The molecule has 2 aliphatic carbocycles. The minimum Gasteiger partial charge on any atom is -0.384 e. The molecule has 54 heavy (non-hydrogen) atoms. The van der Waals surface area contributed by atoms with E-state index in [1.165, 1.54) is 40.0 Å². The molecule has 1 aromatic carbocycles. The van der Waals surface area contributed by atoms with Crippen LogP contribution < -0.4 is 21.1 Å². The van der Waals surface area contributed by atoms with Crippen LogP contribution in [0.15, 0.2) is 35.4 Å². The number of hydrogen-bond donors (Lipinski definition) is 5. The van der Waals surface area contributed by atoms with Crippen molar-refractivity contribution in [2.24, 2.45) is 11.7 Å². The molecule has 4 fully saturated rings. The molecule has 4 aliphatic rings. The van der Waals surface area contributed by atoms with Crippen LogP contribution in [0.25, 0.3) is 0 Å². The molecule has 16 nitrogen and oxygen atoms in total. The Labute approximate surface area is 319 Å². The van der Waals surface area contributed by atoms with Crippen LogP contribution in [0, 0.1) is 5.92 Å². The number of aliphatic hydroxyl groups is 1. The Bertz CT molecular complexity index is 1850. The van der Waals surface area contributed by atoms with Gasteiger partial charge >= 0.3 is 0 Å². The highest BCUT2D eigenvalue weighted by molar-refractivity contribution is 7.99. The van der Waals surface area contributed by atoms with Gasteiger partial charge in [0.15, 0.2) is 0 Å². The van der Waals surface area contributed by atoms with Crippen LogP contribution in [-0.4, -0.2) is 105 Å². The van der Waals surface area contributed by atoms with Crippen LogP contribution in [0.4, 0.5) is 0 Å². The summed E-state index contributed by atoms with van der Waals surface area (Å²) in [6, 6.07) is 2.64. The second kappa shape index (κ2) is 16.1. The summed E-state index contributed by atoms with van der Waals surface area (Å²) in [6.45, 7) is 3.13. The van der Waals surface area contributed by atoms with Crippen LogP contribution in [-0.2, 0) is 34.8 Å². The lowest BCUT2D eigenvalue weighted by Crippen LogP contribution is -2.63. The number of thioether (sulfide) groups is 1. The number of rotatable bonds is 14. The fourth-order valence-corrected chi connectivity index (χ4v) is 10.3. The molecule has 0 spiro atoms. The number of aromatic nitrogens is 3. The number of carbonyl (C=O) groups is 5. The lowest BCUT2D eigenvalue weighted by molar-refractivity contribution is -0.145. The van der Waals surface area contributed by atoms with Crippen molar-refractivity contribution in [3.8, 4) is 0 Å². The van der Waals surface area contributed by atoms with E-state index < -0.39 is 68.7 Å². The molecule has 294 valence electrons. The maximum atomic E-state index is 14.8. The smallest absolute Gasteiger partial charge is 0.287 e. The maximum absolute atomic E-state index is 14.8. The second-order valence-corrected chi connectivity index (χ2v) is 18.5. The summed E-state index contributed by atoms with van der Waals surface area (Å²) >= 11 is 1.59. The molecule has 3 heterocycles. The molecule has 4 amide bonds. The van der Waals surface area contributed by atoms with Crippen molar-refractivity contribution in [3.05, 3.63) is 41.7 Å². The number of ketones is 1. The van der Waals surface area contributed by atoms with Gasteiger partial charge in [-0.05, 0) is 87.6 Å². The van der Waals surface area contributed by atoms with Gasteiger partial charge in [0.25, 0.3) is 11.8 Å². The minimum absolute atomic E-state index is 0.0203. The van der Waals surface area contributed by atoms with Gasteiger partial charge in [0.2, 0.25) is 27.6 Å². The minimum atomic E-state index is -3.74. The third kappa shape index (κ3) is 8.98. The first-order chi connectivity index (χ1) is 25.6. The van der Waals surface area contributed by atoms with Crippen molar-refractivity contribution < 1.29 is 37.5 Å². The number of sulfonamides is 1. The first kappa shape index (κ1) is 39.8. The van der Waals surface area contributed by atoms with Gasteiger partial charge in [-0.3, -0.25) is 24.0 Å². The lowest BCUT2D eigenvalue weighted by Gasteiger charge is -2.37. The number of nitrogens with zero attached hydrogens (tertiary/aromatic N) is 4. The Morgan fingerprint density at radius 3 is 2.31 bits per heavy atom. The van der Waals surface area contributed by atoms with E-state index in [4.69, 9.17) is 5.73 Å². The Morgan fingerprint density at radius 2 is 1.70 bits per heavy atom. The number of hydrogen-bond acceptors (Lipinski definition) is 11. The van der Waals surface area contributed by atoms with E-state index in [1.807, 2.05) is 0 Å². The SMILES string of the molecule is CC(C)(O)c1cnnn1[C@H]1C[C@@H](C(=O)NC2(C(=O)C(N)=O)CCSCC2)N(C(=O)C(CC2CCCCC2)NC(=O)c2ccc(S(=O)(=O)NC3CC3)cc2)C1. The molecule has 2 aliphatic heterocycles. The van der Waals surface area contributed by atoms with Crippen LogP contribution in [0.3, 0.4) is 0 Å². The van der Waals surface area contributed by atoms with Crippen LogP contribution in [0.1, 0.15) is 107 Å². The number of likely N-dealkylation sites (tertiary alicyclic amines) is 1. The average Bonchev–Trinajstić information content (AvgIpc) is 3.59. The normalized spacial score (nSPS) is 22.7. The van der Waals surface area contributed by atoms with Gasteiger partial charge in [0.1, 0.15) is 23.2 Å². The molecule has 1 unspecified atom stereocenters. The van der Waals surface area contributed by atoms with Crippen molar-refractivity contribution in [3.63, 3.8) is 0 Å². The lowest BCUT2D eigenvalue weighted by atomic mass is 9.84.